The molecular formula is C32H45N11O6. The number of rotatable bonds is 19. The number of carboxylic acid groups (broad SMARTS) is 1. The summed E-state index contributed by atoms with van der Waals surface area (Å²) in [7, 11) is 0. The number of nitrogens with one attached hydrogen (secondary N) is 4. The Kier molecular flexibility index (Phi) is 14.2. The number of phenolic OH excluding ortho intramolecular Hbond substituents is 1. The SMILES string of the molecule is NC(N)=NCCCC(N)C(=O)NC(Cc1c[nH]c2ccccc12)C(=O)NC(CCCN=C(N)N)C(=O)NC(Cc1ccc(O)cc1)C(=O)O. The molecular weight excluding hydrogens is 634 g/mol. The molecule has 0 radical (unpaired) electrons. The number of aromatic amines is 1. The van der Waals surface area contributed by atoms with Crippen LogP contribution in [0.25, 0.3) is 10.9 Å². The lowest BCUT2D eigenvalue weighted by molar-refractivity contribution is -0.142. The van der Waals surface area contributed by atoms with Gasteiger partial charge in [0.1, 0.15) is 23.9 Å². The molecule has 17 nitrogen and oxygen atoms in total. The number of benzene rings is 2. The zero-order valence-electron chi connectivity index (χ0n) is 27.0. The molecule has 264 valence electrons. The number of aromatic hydroxyl groups is 1. The second-order valence-corrected chi connectivity index (χ2v) is 11.5. The summed E-state index contributed by atoms with van der Waals surface area (Å²) in [5, 5.41) is 28.2. The number of carbonyl (C=O) groups excluding carboxylic acids is 3. The molecule has 4 unspecified atom stereocenters. The number of nitrogens with zero attached hydrogens (tertiary/aromatic N) is 2. The first-order valence-electron chi connectivity index (χ1n) is 15.7. The van der Waals surface area contributed by atoms with Gasteiger partial charge in [-0.3, -0.25) is 24.4 Å². The second kappa shape index (κ2) is 18.5. The third-order valence-electron chi connectivity index (χ3n) is 7.61. The molecule has 0 spiro atoms. The zero-order chi connectivity index (χ0) is 35.9. The van der Waals surface area contributed by atoms with Crippen LogP contribution in [0.3, 0.4) is 0 Å². The van der Waals surface area contributed by atoms with Crippen LogP contribution in [0.4, 0.5) is 0 Å². The fourth-order valence-electron chi connectivity index (χ4n) is 5.04. The Morgan fingerprint density at radius 3 is 1.94 bits per heavy atom. The molecule has 0 aliphatic heterocycles. The number of carbonyl (C=O) groups is 4. The quantitative estimate of drug-likeness (QED) is 0.0399. The van der Waals surface area contributed by atoms with E-state index >= 15 is 0 Å². The van der Waals surface area contributed by atoms with Gasteiger partial charge in [0.15, 0.2) is 11.9 Å². The Bertz CT molecular complexity index is 1630. The molecule has 0 saturated carbocycles. The van der Waals surface area contributed by atoms with Gasteiger partial charge in [0.25, 0.3) is 0 Å². The fourth-order valence-corrected chi connectivity index (χ4v) is 5.04. The van der Waals surface area contributed by atoms with Gasteiger partial charge in [-0.25, -0.2) is 4.79 Å². The second-order valence-electron chi connectivity index (χ2n) is 11.5. The van der Waals surface area contributed by atoms with Crippen LogP contribution in [0.1, 0.15) is 36.8 Å². The van der Waals surface area contributed by atoms with Crippen molar-refractivity contribution < 1.29 is 29.4 Å². The van der Waals surface area contributed by atoms with E-state index in [0.29, 0.717) is 12.0 Å². The minimum absolute atomic E-state index is 0.00407. The largest absolute Gasteiger partial charge is 0.508 e. The van der Waals surface area contributed by atoms with E-state index in [-0.39, 0.29) is 62.9 Å². The van der Waals surface area contributed by atoms with E-state index in [1.807, 2.05) is 24.3 Å². The number of nitrogens with two attached hydrogens (primary N) is 5. The number of H-pyrrole nitrogens is 1. The first kappa shape index (κ1) is 37.6. The molecule has 16 N–H and O–H groups in total. The van der Waals surface area contributed by atoms with E-state index < -0.39 is 47.9 Å². The topological polar surface area (TPSA) is 315 Å². The monoisotopic (exact) mass is 679 g/mol. The van der Waals surface area contributed by atoms with Crippen molar-refractivity contribution in [1.29, 1.82) is 0 Å². The molecule has 4 atom stereocenters. The van der Waals surface area contributed by atoms with Crippen molar-refractivity contribution in [2.24, 2.45) is 38.7 Å². The molecule has 2 aromatic carbocycles. The summed E-state index contributed by atoms with van der Waals surface area (Å²) in [5.74, 6) is -3.59. The standard InChI is InChI=1S/C32H45N11O6/c33-22(6-3-13-38-31(34)35)27(45)42-25(16-19-17-40-23-7-2-1-5-21(19)23)29(47)41-24(8-4-14-39-32(36)37)28(46)43-26(30(48)49)15-18-9-11-20(44)12-10-18/h1-2,5,7,9-12,17,22,24-26,40,44H,3-4,6,8,13-16,33H2,(H,41,47)(H,42,45)(H,43,46)(H,48,49)(H4,34,35,38)(H4,36,37,39). The van der Waals surface area contributed by atoms with E-state index in [2.05, 4.69) is 30.9 Å². The first-order valence-corrected chi connectivity index (χ1v) is 15.7. The summed E-state index contributed by atoms with van der Waals surface area (Å²) in [4.78, 5) is 63.7. The molecule has 0 aliphatic rings. The highest BCUT2D eigenvalue weighted by molar-refractivity contribution is 5.95. The van der Waals surface area contributed by atoms with Gasteiger partial charge in [0.2, 0.25) is 17.7 Å². The summed E-state index contributed by atoms with van der Waals surface area (Å²) < 4.78 is 0. The summed E-state index contributed by atoms with van der Waals surface area (Å²) >= 11 is 0. The van der Waals surface area contributed by atoms with Gasteiger partial charge in [-0.05, 0) is 55.0 Å². The van der Waals surface area contributed by atoms with Crippen molar-refractivity contribution in [3.8, 4) is 5.75 Å². The predicted molar refractivity (Wildman–Crippen MR) is 185 cm³/mol. The van der Waals surface area contributed by atoms with Gasteiger partial charge in [-0.1, -0.05) is 30.3 Å². The molecule has 0 fully saturated rings. The number of phenols is 1. The smallest absolute Gasteiger partial charge is 0.326 e. The summed E-state index contributed by atoms with van der Waals surface area (Å²) in [6, 6.07) is 8.58. The normalized spacial score (nSPS) is 13.3. The van der Waals surface area contributed by atoms with E-state index in [4.69, 9.17) is 28.7 Å². The number of fused-ring (bicyclic) bond motifs is 1. The van der Waals surface area contributed by atoms with Gasteiger partial charge >= 0.3 is 5.97 Å². The lowest BCUT2D eigenvalue weighted by Gasteiger charge is -2.25. The summed E-state index contributed by atoms with van der Waals surface area (Å²) in [6.45, 7) is 0.408. The number of para-hydroxylation sites is 1. The van der Waals surface area contributed by atoms with E-state index in [0.717, 1.165) is 16.5 Å². The zero-order valence-corrected chi connectivity index (χ0v) is 27.0. The van der Waals surface area contributed by atoms with Crippen molar-refractivity contribution in [3.63, 3.8) is 0 Å². The van der Waals surface area contributed by atoms with Crippen LogP contribution in [0.2, 0.25) is 0 Å². The van der Waals surface area contributed by atoms with Crippen molar-refractivity contribution in [2.75, 3.05) is 13.1 Å². The average molecular weight is 680 g/mol. The highest BCUT2D eigenvalue weighted by Gasteiger charge is 2.31. The van der Waals surface area contributed by atoms with Crippen LogP contribution >= 0.6 is 0 Å². The Morgan fingerprint density at radius 2 is 1.31 bits per heavy atom. The maximum atomic E-state index is 13.9. The predicted octanol–water partition coefficient (Wildman–Crippen LogP) is -1.37. The minimum atomic E-state index is -1.35. The van der Waals surface area contributed by atoms with Crippen LogP contribution in [0.15, 0.2) is 64.7 Å². The Balaban J connectivity index is 1.83. The number of aliphatic imine (C=N–C) groups is 2. The number of amides is 3. The average Bonchev–Trinajstić information content (AvgIpc) is 3.46. The van der Waals surface area contributed by atoms with Crippen LogP contribution in [-0.2, 0) is 32.0 Å². The number of hydrogen-bond donors (Lipinski definition) is 11. The van der Waals surface area contributed by atoms with E-state index in [1.165, 1.54) is 24.3 Å². The number of guanidine groups is 2. The van der Waals surface area contributed by atoms with Crippen molar-refractivity contribution >= 4 is 46.5 Å². The van der Waals surface area contributed by atoms with Gasteiger partial charge < -0.3 is 59.8 Å². The van der Waals surface area contributed by atoms with E-state index in [9.17, 15) is 29.4 Å². The van der Waals surface area contributed by atoms with Gasteiger partial charge in [0.05, 0.1) is 6.04 Å². The number of carboxylic acids is 1. The summed E-state index contributed by atoms with van der Waals surface area (Å²) in [6.07, 6.45) is 2.63. The van der Waals surface area contributed by atoms with Crippen molar-refractivity contribution in [3.05, 3.63) is 65.9 Å². The lowest BCUT2D eigenvalue weighted by atomic mass is 10.0. The number of aromatic nitrogens is 1. The van der Waals surface area contributed by atoms with Gasteiger partial charge in [0, 0.05) is 43.0 Å². The lowest BCUT2D eigenvalue weighted by Crippen LogP contribution is -2.57. The van der Waals surface area contributed by atoms with Crippen LogP contribution in [-0.4, -0.2) is 88.1 Å². The molecule has 1 aromatic heterocycles. The molecule has 3 amide bonds. The third-order valence-corrected chi connectivity index (χ3v) is 7.61. The molecule has 3 rings (SSSR count). The van der Waals surface area contributed by atoms with Crippen LogP contribution < -0.4 is 44.6 Å². The Labute approximate surface area is 282 Å². The molecule has 1 heterocycles. The highest BCUT2D eigenvalue weighted by Crippen LogP contribution is 2.20. The Morgan fingerprint density at radius 1 is 0.735 bits per heavy atom. The maximum absolute atomic E-state index is 13.9. The Hall–Kier alpha value is -5.84. The molecule has 0 aliphatic carbocycles. The summed E-state index contributed by atoms with van der Waals surface area (Å²) in [5.41, 5.74) is 29.8. The van der Waals surface area contributed by atoms with Gasteiger partial charge in [-0.15, -0.1) is 0 Å². The molecule has 17 heteroatoms. The highest BCUT2D eigenvalue weighted by atomic mass is 16.4. The van der Waals surface area contributed by atoms with E-state index in [1.54, 1.807) is 6.20 Å². The van der Waals surface area contributed by atoms with Crippen molar-refractivity contribution in [2.45, 2.75) is 62.7 Å². The third kappa shape index (κ3) is 12.4. The number of aliphatic carboxylic acids is 1. The van der Waals surface area contributed by atoms with Crippen LogP contribution in [0, 0.1) is 0 Å². The van der Waals surface area contributed by atoms with Crippen LogP contribution in [0.5, 0.6) is 5.75 Å². The minimum Gasteiger partial charge on any atom is -0.508 e. The molecule has 0 bridgehead atoms. The van der Waals surface area contributed by atoms with Crippen molar-refractivity contribution in [1.82, 2.24) is 20.9 Å². The molecule has 49 heavy (non-hydrogen) atoms. The maximum Gasteiger partial charge on any atom is 0.326 e. The number of hydrogen-bond acceptors (Lipinski definition) is 8. The van der Waals surface area contributed by atoms with Gasteiger partial charge in [-0.2, -0.15) is 0 Å². The fraction of sp³-hybridized carbons (Fsp3) is 0.375. The molecule has 0 saturated heterocycles. The first-order chi connectivity index (χ1) is 23.3. The molecule has 3 aromatic rings.